The van der Waals surface area contributed by atoms with Crippen molar-refractivity contribution in [3.05, 3.63) is 33.3 Å². The van der Waals surface area contributed by atoms with Gasteiger partial charge in [0, 0.05) is 30.7 Å². The van der Waals surface area contributed by atoms with Gasteiger partial charge in [-0.3, -0.25) is 4.79 Å². The smallest absolute Gasteiger partial charge is 0.255 e. The number of hydrogen-bond donors (Lipinski definition) is 1. The maximum atomic E-state index is 12.7. The number of hydrogen-bond acceptors (Lipinski definition) is 3. The predicted molar refractivity (Wildman–Crippen MR) is 83.1 cm³/mol. The first-order chi connectivity index (χ1) is 9.56. The molecular weight excluding hydrogens is 344 g/mol. The molecule has 1 fully saturated rings. The minimum atomic E-state index is -0.0682. The van der Waals surface area contributed by atoms with E-state index in [1.807, 2.05) is 11.0 Å². The standard InChI is InChI=1S/C14H18BrClN2O2/c1-20-11-4-5-18(10(7-11)8-17)14(19)12-6-9(15)2-3-13(12)16/h2-3,6,10-11H,4-5,7-8,17H2,1H3. The Labute approximate surface area is 132 Å². The molecule has 0 aliphatic carbocycles. The van der Waals surface area contributed by atoms with Crippen molar-refractivity contribution in [2.45, 2.75) is 25.0 Å². The van der Waals surface area contributed by atoms with E-state index in [-0.39, 0.29) is 18.1 Å². The second-order valence-electron chi connectivity index (χ2n) is 4.89. The van der Waals surface area contributed by atoms with Crippen molar-refractivity contribution in [2.24, 2.45) is 5.73 Å². The van der Waals surface area contributed by atoms with Crippen molar-refractivity contribution in [3.8, 4) is 0 Å². The third-order valence-corrected chi connectivity index (χ3v) is 4.52. The van der Waals surface area contributed by atoms with Crippen molar-refractivity contribution in [1.82, 2.24) is 4.90 Å². The first-order valence-electron chi connectivity index (χ1n) is 6.55. The minimum Gasteiger partial charge on any atom is -0.381 e. The van der Waals surface area contributed by atoms with Gasteiger partial charge in [0.1, 0.15) is 0 Å². The van der Waals surface area contributed by atoms with Crippen LogP contribution in [0.3, 0.4) is 0 Å². The largest absolute Gasteiger partial charge is 0.381 e. The molecule has 1 aliphatic rings. The summed E-state index contributed by atoms with van der Waals surface area (Å²) < 4.78 is 6.21. The Bertz CT molecular complexity index is 498. The Morgan fingerprint density at radius 3 is 3.00 bits per heavy atom. The number of likely N-dealkylation sites (tertiary alicyclic amines) is 1. The first kappa shape index (κ1) is 15.8. The third-order valence-electron chi connectivity index (χ3n) is 3.69. The Hall–Kier alpha value is -0.620. The van der Waals surface area contributed by atoms with Crippen LogP contribution in [0.15, 0.2) is 22.7 Å². The molecule has 20 heavy (non-hydrogen) atoms. The number of carbonyl (C=O) groups is 1. The van der Waals surface area contributed by atoms with Gasteiger partial charge < -0.3 is 15.4 Å². The van der Waals surface area contributed by atoms with E-state index in [1.165, 1.54) is 0 Å². The van der Waals surface area contributed by atoms with Crippen molar-refractivity contribution in [1.29, 1.82) is 0 Å². The molecule has 0 aromatic heterocycles. The summed E-state index contributed by atoms with van der Waals surface area (Å²) in [7, 11) is 1.70. The lowest BCUT2D eigenvalue weighted by atomic mass is 9.98. The average Bonchev–Trinajstić information content (AvgIpc) is 2.48. The second-order valence-corrected chi connectivity index (χ2v) is 6.22. The zero-order chi connectivity index (χ0) is 14.7. The summed E-state index contributed by atoms with van der Waals surface area (Å²) >= 11 is 9.50. The lowest BCUT2D eigenvalue weighted by molar-refractivity contribution is 0.0139. The molecule has 1 aromatic rings. The highest BCUT2D eigenvalue weighted by atomic mass is 79.9. The van der Waals surface area contributed by atoms with E-state index in [0.29, 0.717) is 23.7 Å². The summed E-state index contributed by atoms with van der Waals surface area (Å²) in [5, 5.41) is 0.461. The molecule has 0 radical (unpaired) electrons. The van der Waals surface area contributed by atoms with Crippen LogP contribution < -0.4 is 5.73 Å². The number of ether oxygens (including phenoxy) is 1. The molecular formula is C14H18BrClN2O2. The maximum Gasteiger partial charge on any atom is 0.255 e. The lowest BCUT2D eigenvalue weighted by Gasteiger charge is -2.38. The van der Waals surface area contributed by atoms with Gasteiger partial charge in [-0.05, 0) is 31.0 Å². The number of halogens is 2. The van der Waals surface area contributed by atoms with E-state index >= 15 is 0 Å². The molecule has 1 saturated heterocycles. The number of rotatable bonds is 3. The van der Waals surface area contributed by atoms with Crippen molar-refractivity contribution in [3.63, 3.8) is 0 Å². The van der Waals surface area contributed by atoms with E-state index < -0.39 is 0 Å². The van der Waals surface area contributed by atoms with Crippen LogP contribution in [-0.4, -0.2) is 43.2 Å². The molecule has 0 spiro atoms. The summed E-state index contributed by atoms with van der Waals surface area (Å²) in [5.74, 6) is -0.0682. The molecule has 0 bridgehead atoms. The molecule has 2 rings (SSSR count). The molecule has 1 aromatic carbocycles. The van der Waals surface area contributed by atoms with Gasteiger partial charge in [0.25, 0.3) is 5.91 Å². The number of benzene rings is 1. The molecule has 4 nitrogen and oxygen atoms in total. The fourth-order valence-electron chi connectivity index (χ4n) is 2.54. The number of methoxy groups -OCH3 is 1. The van der Waals surface area contributed by atoms with Gasteiger partial charge in [0.15, 0.2) is 0 Å². The Kier molecular flexibility index (Phi) is 5.43. The van der Waals surface area contributed by atoms with Crippen LogP contribution in [-0.2, 0) is 4.74 Å². The van der Waals surface area contributed by atoms with Crippen LogP contribution in [0.25, 0.3) is 0 Å². The lowest BCUT2D eigenvalue weighted by Crippen LogP contribution is -2.51. The minimum absolute atomic E-state index is 0.00347. The molecule has 1 heterocycles. The highest BCUT2D eigenvalue weighted by Gasteiger charge is 2.32. The summed E-state index contributed by atoms with van der Waals surface area (Å²) in [5.41, 5.74) is 6.31. The first-order valence-corrected chi connectivity index (χ1v) is 7.72. The van der Waals surface area contributed by atoms with Gasteiger partial charge in [-0.2, -0.15) is 0 Å². The highest BCUT2D eigenvalue weighted by molar-refractivity contribution is 9.10. The normalized spacial score (nSPS) is 22.9. The molecule has 2 atom stereocenters. The fourth-order valence-corrected chi connectivity index (χ4v) is 3.09. The Morgan fingerprint density at radius 1 is 1.60 bits per heavy atom. The number of piperidine rings is 1. The average molecular weight is 362 g/mol. The summed E-state index contributed by atoms with van der Waals surface area (Å²) in [4.78, 5) is 14.5. The molecule has 2 N–H and O–H groups in total. The molecule has 0 saturated carbocycles. The maximum absolute atomic E-state index is 12.7. The monoisotopic (exact) mass is 360 g/mol. The van der Waals surface area contributed by atoms with Crippen LogP contribution in [0.5, 0.6) is 0 Å². The van der Waals surface area contributed by atoms with Gasteiger partial charge >= 0.3 is 0 Å². The van der Waals surface area contributed by atoms with Gasteiger partial charge in [-0.15, -0.1) is 0 Å². The van der Waals surface area contributed by atoms with Crippen LogP contribution in [0.2, 0.25) is 5.02 Å². The van der Waals surface area contributed by atoms with E-state index in [1.54, 1.807) is 19.2 Å². The number of carbonyl (C=O) groups excluding carboxylic acids is 1. The van der Waals surface area contributed by atoms with E-state index in [0.717, 1.165) is 17.3 Å². The summed E-state index contributed by atoms with van der Waals surface area (Å²) in [6.07, 6.45) is 1.76. The number of nitrogens with two attached hydrogens (primary N) is 1. The Morgan fingerprint density at radius 2 is 2.35 bits per heavy atom. The van der Waals surface area contributed by atoms with E-state index in [9.17, 15) is 4.79 Å². The number of amides is 1. The molecule has 2 unspecified atom stereocenters. The van der Waals surface area contributed by atoms with Crippen LogP contribution >= 0.6 is 27.5 Å². The fraction of sp³-hybridized carbons (Fsp3) is 0.500. The van der Waals surface area contributed by atoms with Gasteiger partial charge in [0.2, 0.25) is 0 Å². The third kappa shape index (κ3) is 3.34. The zero-order valence-electron chi connectivity index (χ0n) is 11.3. The highest BCUT2D eigenvalue weighted by Crippen LogP contribution is 2.26. The topological polar surface area (TPSA) is 55.6 Å². The van der Waals surface area contributed by atoms with Crippen LogP contribution in [0.4, 0.5) is 0 Å². The summed E-state index contributed by atoms with van der Waals surface area (Å²) in [6.45, 7) is 1.07. The molecule has 110 valence electrons. The molecule has 1 aliphatic heterocycles. The van der Waals surface area contributed by atoms with E-state index in [2.05, 4.69) is 15.9 Å². The molecule has 1 amide bonds. The van der Waals surface area contributed by atoms with Gasteiger partial charge in [-0.1, -0.05) is 27.5 Å². The number of nitrogens with zero attached hydrogens (tertiary/aromatic N) is 1. The van der Waals surface area contributed by atoms with Crippen molar-refractivity contribution in [2.75, 3.05) is 20.2 Å². The molecule has 6 heteroatoms. The second kappa shape index (κ2) is 6.89. The van der Waals surface area contributed by atoms with Crippen molar-refractivity contribution < 1.29 is 9.53 Å². The SMILES string of the molecule is COC1CCN(C(=O)c2cc(Br)ccc2Cl)C(CN)C1. The van der Waals surface area contributed by atoms with E-state index in [4.69, 9.17) is 22.1 Å². The Balaban J connectivity index is 2.21. The zero-order valence-corrected chi connectivity index (χ0v) is 13.7. The van der Waals surface area contributed by atoms with Crippen LogP contribution in [0.1, 0.15) is 23.2 Å². The van der Waals surface area contributed by atoms with Crippen LogP contribution in [0, 0.1) is 0 Å². The van der Waals surface area contributed by atoms with Gasteiger partial charge in [-0.25, -0.2) is 0 Å². The quantitative estimate of drug-likeness (QED) is 0.900. The van der Waals surface area contributed by atoms with Gasteiger partial charge in [0.05, 0.1) is 16.7 Å². The van der Waals surface area contributed by atoms with Crippen molar-refractivity contribution >= 4 is 33.4 Å². The predicted octanol–water partition coefficient (Wildman–Crippen LogP) is 2.68. The summed E-state index contributed by atoms with van der Waals surface area (Å²) in [6, 6.07) is 5.28.